The summed E-state index contributed by atoms with van der Waals surface area (Å²) in [6.07, 6.45) is 0.900. The lowest BCUT2D eigenvalue weighted by molar-refractivity contribution is 0.415. The zero-order chi connectivity index (χ0) is 13.5. The molecule has 2 rings (SSSR count). The largest absolute Gasteiger partial charge is 0.497 e. The van der Waals surface area contributed by atoms with E-state index in [0.29, 0.717) is 11.1 Å². The molecule has 0 amide bonds. The predicted octanol–water partition coefficient (Wildman–Crippen LogP) is 1.86. The zero-order valence-corrected chi connectivity index (χ0v) is 11.1. The van der Waals surface area contributed by atoms with Gasteiger partial charge >= 0.3 is 5.63 Å². The first-order chi connectivity index (χ1) is 8.34. The minimum absolute atomic E-state index is 0.150. The van der Waals surface area contributed by atoms with Crippen LogP contribution in [0.2, 0.25) is 5.02 Å². The van der Waals surface area contributed by atoms with Crippen LogP contribution in [0.1, 0.15) is 0 Å². The lowest BCUT2D eigenvalue weighted by Crippen LogP contribution is -2.13. The Morgan fingerprint density at radius 3 is 2.56 bits per heavy atom. The minimum atomic E-state index is -3.75. The van der Waals surface area contributed by atoms with Gasteiger partial charge in [0, 0.05) is 11.6 Å². The average molecular weight is 289 g/mol. The molecule has 0 aliphatic rings. The molecular formula is C11H9ClO5S. The summed E-state index contributed by atoms with van der Waals surface area (Å²) in [7, 11) is -2.29. The second-order valence-electron chi connectivity index (χ2n) is 3.67. The van der Waals surface area contributed by atoms with Crippen LogP contribution in [0.3, 0.4) is 0 Å². The van der Waals surface area contributed by atoms with Gasteiger partial charge in [-0.2, -0.15) is 0 Å². The SMILES string of the molecule is COc1ccc2oc(=O)c(S(C)(=O)=O)c(Cl)c2c1. The number of methoxy groups -OCH3 is 1. The number of halogens is 1. The van der Waals surface area contributed by atoms with Gasteiger partial charge in [-0.1, -0.05) is 11.6 Å². The van der Waals surface area contributed by atoms with Crippen molar-refractivity contribution in [2.75, 3.05) is 13.4 Å². The zero-order valence-electron chi connectivity index (χ0n) is 9.56. The highest BCUT2D eigenvalue weighted by atomic mass is 35.5. The van der Waals surface area contributed by atoms with Gasteiger partial charge in [0.25, 0.3) is 0 Å². The molecule has 0 unspecified atom stereocenters. The molecule has 2 aromatic rings. The summed E-state index contributed by atoms with van der Waals surface area (Å²) in [6, 6.07) is 4.59. The van der Waals surface area contributed by atoms with Crippen LogP contribution in [-0.4, -0.2) is 21.8 Å². The molecule has 96 valence electrons. The van der Waals surface area contributed by atoms with Crippen LogP contribution in [0, 0.1) is 0 Å². The van der Waals surface area contributed by atoms with Crippen molar-refractivity contribution >= 4 is 32.4 Å². The number of hydrogen-bond acceptors (Lipinski definition) is 5. The molecule has 0 N–H and O–H groups in total. The quantitative estimate of drug-likeness (QED) is 0.789. The number of sulfone groups is 1. The molecule has 5 nitrogen and oxygen atoms in total. The molecule has 0 bridgehead atoms. The molecule has 0 spiro atoms. The van der Waals surface area contributed by atoms with Crippen molar-refractivity contribution in [2.24, 2.45) is 0 Å². The summed E-state index contributed by atoms with van der Waals surface area (Å²) >= 11 is 5.97. The van der Waals surface area contributed by atoms with Crippen LogP contribution >= 0.6 is 11.6 Å². The molecule has 0 fully saturated rings. The molecule has 0 atom stereocenters. The third-order valence-corrected chi connectivity index (χ3v) is 4.00. The summed E-state index contributed by atoms with van der Waals surface area (Å²) in [5.41, 5.74) is -0.765. The van der Waals surface area contributed by atoms with Crippen LogP contribution in [-0.2, 0) is 9.84 Å². The van der Waals surface area contributed by atoms with Crippen molar-refractivity contribution in [2.45, 2.75) is 4.90 Å². The van der Waals surface area contributed by atoms with Gasteiger partial charge in [0.2, 0.25) is 0 Å². The Morgan fingerprint density at radius 1 is 1.33 bits per heavy atom. The molecule has 1 aromatic carbocycles. The lowest BCUT2D eigenvalue weighted by Gasteiger charge is -2.06. The highest BCUT2D eigenvalue weighted by Gasteiger charge is 2.22. The fourth-order valence-corrected chi connectivity index (χ4v) is 2.99. The molecule has 7 heteroatoms. The summed E-state index contributed by atoms with van der Waals surface area (Å²) in [4.78, 5) is 11.1. The second-order valence-corrected chi connectivity index (χ2v) is 6.00. The Balaban J connectivity index is 2.96. The van der Waals surface area contributed by atoms with Gasteiger partial charge in [-0.15, -0.1) is 0 Å². The van der Waals surface area contributed by atoms with Crippen LogP contribution in [0.4, 0.5) is 0 Å². The second kappa shape index (κ2) is 4.29. The molecule has 1 heterocycles. The maximum absolute atomic E-state index is 11.6. The molecule has 0 aliphatic heterocycles. The Hall–Kier alpha value is -1.53. The highest BCUT2D eigenvalue weighted by Crippen LogP contribution is 2.30. The number of fused-ring (bicyclic) bond motifs is 1. The van der Waals surface area contributed by atoms with E-state index < -0.39 is 20.4 Å². The number of benzene rings is 1. The predicted molar refractivity (Wildman–Crippen MR) is 67.2 cm³/mol. The first-order valence-corrected chi connectivity index (χ1v) is 7.12. The Kier molecular flexibility index (Phi) is 3.08. The number of rotatable bonds is 2. The van der Waals surface area contributed by atoms with Crippen molar-refractivity contribution in [3.63, 3.8) is 0 Å². The molecule has 18 heavy (non-hydrogen) atoms. The normalized spacial score (nSPS) is 11.7. The van der Waals surface area contributed by atoms with Crippen LogP contribution in [0.15, 0.2) is 32.3 Å². The van der Waals surface area contributed by atoms with Crippen molar-refractivity contribution in [1.82, 2.24) is 0 Å². The maximum Gasteiger partial charge on any atom is 0.356 e. The van der Waals surface area contributed by atoms with Gasteiger partial charge in [0.1, 0.15) is 11.3 Å². The molecule has 0 radical (unpaired) electrons. The third kappa shape index (κ3) is 2.09. The van der Waals surface area contributed by atoms with E-state index in [1.165, 1.54) is 19.2 Å². The average Bonchev–Trinajstić information content (AvgIpc) is 2.26. The van der Waals surface area contributed by atoms with Gasteiger partial charge in [-0.3, -0.25) is 0 Å². The Bertz CT molecular complexity index is 776. The van der Waals surface area contributed by atoms with E-state index in [2.05, 4.69) is 0 Å². The molecule has 0 saturated carbocycles. The first-order valence-electron chi connectivity index (χ1n) is 4.85. The summed E-state index contributed by atoms with van der Waals surface area (Å²) < 4.78 is 32.9. The Morgan fingerprint density at radius 2 is 2.00 bits per heavy atom. The van der Waals surface area contributed by atoms with E-state index in [1.807, 2.05) is 0 Å². The van der Waals surface area contributed by atoms with E-state index in [4.69, 9.17) is 20.8 Å². The van der Waals surface area contributed by atoms with Crippen molar-refractivity contribution in [1.29, 1.82) is 0 Å². The van der Waals surface area contributed by atoms with E-state index in [0.717, 1.165) is 6.26 Å². The summed E-state index contributed by atoms with van der Waals surface area (Å²) in [6.45, 7) is 0. The maximum atomic E-state index is 11.6. The monoisotopic (exact) mass is 288 g/mol. The van der Waals surface area contributed by atoms with E-state index in [9.17, 15) is 13.2 Å². The van der Waals surface area contributed by atoms with Crippen molar-refractivity contribution in [3.8, 4) is 5.75 Å². The van der Waals surface area contributed by atoms with E-state index >= 15 is 0 Å². The lowest BCUT2D eigenvalue weighted by atomic mass is 10.2. The molecular weight excluding hydrogens is 280 g/mol. The van der Waals surface area contributed by atoms with Crippen molar-refractivity contribution < 1.29 is 17.6 Å². The topological polar surface area (TPSA) is 73.6 Å². The molecule has 0 aliphatic carbocycles. The van der Waals surface area contributed by atoms with Gasteiger partial charge in [0.15, 0.2) is 14.7 Å². The van der Waals surface area contributed by atoms with E-state index in [-0.39, 0.29) is 10.6 Å². The van der Waals surface area contributed by atoms with Gasteiger partial charge < -0.3 is 9.15 Å². The van der Waals surface area contributed by atoms with Gasteiger partial charge in [-0.25, -0.2) is 13.2 Å². The summed E-state index contributed by atoms with van der Waals surface area (Å²) in [5, 5.41) is 0.165. The van der Waals surface area contributed by atoms with Crippen LogP contribution in [0.5, 0.6) is 5.75 Å². The fourth-order valence-electron chi connectivity index (χ4n) is 1.57. The van der Waals surface area contributed by atoms with E-state index in [1.54, 1.807) is 6.07 Å². The summed E-state index contributed by atoms with van der Waals surface area (Å²) in [5.74, 6) is 0.484. The highest BCUT2D eigenvalue weighted by molar-refractivity contribution is 7.90. The fraction of sp³-hybridized carbons (Fsp3) is 0.182. The smallest absolute Gasteiger partial charge is 0.356 e. The molecule has 1 aromatic heterocycles. The third-order valence-electron chi connectivity index (χ3n) is 2.38. The Labute approximate surface area is 108 Å². The molecule has 0 saturated heterocycles. The minimum Gasteiger partial charge on any atom is -0.497 e. The van der Waals surface area contributed by atoms with Crippen LogP contribution < -0.4 is 10.4 Å². The van der Waals surface area contributed by atoms with Gasteiger partial charge in [-0.05, 0) is 18.2 Å². The first kappa shape index (κ1) is 12.9. The van der Waals surface area contributed by atoms with Crippen LogP contribution in [0.25, 0.3) is 11.0 Å². The standard InChI is InChI=1S/C11H9ClO5S/c1-16-6-3-4-8-7(5-6)9(12)10(11(13)17-8)18(2,14)15/h3-5H,1-2H3. The van der Waals surface area contributed by atoms with Crippen molar-refractivity contribution in [3.05, 3.63) is 33.6 Å². The number of hydrogen-bond donors (Lipinski definition) is 0. The van der Waals surface area contributed by atoms with Gasteiger partial charge in [0.05, 0.1) is 12.1 Å². The number of ether oxygens (including phenoxy) is 1.